The molecular weight excluding hydrogens is 262 g/mol. The molecule has 0 unspecified atom stereocenters. The quantitative estimate of drug-likeness (QED) is 0.212. The van der Waals surface area contributed by atoms with Crippen LogP contribution in [0, 0.1) is 5.41 Å². The van der Waals surface area contributed by atoms with Gasteiger partial charge in [0.05, 0.1) is 0 Å². The minimum atomic E-state index is -0.241. The minimum absolute atomic E-state index is 0.241. The number of para-hydroxylation sites is 1. The standard InChI is InChI=1S/C17H29N3O/c1-4-9-14-10-5-6-11-15(14)19-13-8-7-12-17(2,3)16(18)20-21/h5-6,10-11,19,21H,4,7-9,12-13H2,1-3H3,(H2,18,20). The Labute approximate surface area is 128 Å². The van der Waals surface area contributed by atoms with Gasteiger partial charge < -0.3 is 16.3 Å². The molecule has 0 aliphatic carbocycles. The highest BCUT2D eigenvalue weighted by Gasteiger charge is 2.22. The van der Waals surface area contributed by atoms with E-state index in [2.05, 4.69) is 41.7 Å². The fraction of sp³-hybridized carbons (Fsp3) is 0.588. The lowest BCUT2D eigenvalue weighted by molar-refractivity contribution is 0.304. The van der Waals surface area contributed by atoms with Crippen molar-refractivity contribution in [2.24, 2.45) is 16.3 Å². The molecule has 0 saturated heterocycles. The Morgan fingerprint density at radius 2 is 2.00 bits per heavy atom. The fourth-order valence-corrected chi connectivity index (χ4v) is 2.36. The van der Waals surface area contributed by atoms with Crippen LogP contribution in [0.2, 0.25) is 0 Å². The maximum absolute atomic E-state index is 8.75. The van der Waals surface area contributed by atoms with E-state index in [1.165, 1.54) is 11.3 Å². The number of hydrogen-bond donors (Lipinski definition) is 3. The number of anilines is 1. The number of oxime groups is 1. The predicted octanol–water partition coefficient (Wildman–Crippen LogP) is 3.99. The summed E-state index contributed by atoms with van der Waals surface area (Å²) in [4.78, 5) is 0. The second-order valence-electron chi connectivity index (χ2n) is 6.16. The summed E-state index contributed by atoms with van der Waals surface area (Å²) in [7, 11) is 0. The Hall–Kier alpha value is -1.71. The first-order valence-corrected chi connectivity index (χ1v) is 7.81. The van der Waals surface area contributed by atoms with E-state index < -0.39 is 0 Å². The number of benzene rings is 1. The molecule has 0 aliphatic heterocycles. The Bertz CT molecular complexity index is 455. The van der Waals surface area contributed by atoms with Gasteiger partial charge in [0.2, 0.25) is 0 Å². The number of nitrogens with one attached hydrogen (secondary N) is 1. The van der Waals surface area contributed by atoms with Gasteiger partial charge in [-0.3, -0.25) is 0 Å². The van der Waals surface area contributed by atoms with Crippen LogP contribution >= 0.6 is 0 Å². The molecule has 118 valence electrons. The number of amidine groups is 1. The van der Waals surface area contributed by atoms with E-state index in [1.54, 1.807) is 0 Å². The van der Waals surface area contributed by atoms with Gasteiger partial charge in [-0.2, -0.15) is 0 Å². The van der Waals surface area contributed by atoms with E-state index in [0.29, 0.717) is 5.84 Å². The van der Waals surface area contributed by atoms with Gasteiger partial charge >= 0.3 is 0 Å². The topological polar surface area (TPSA) is 70.6 Å². The largest absolute Gasteiger partial charge is 0.409 e. The summed E-state index contributed by atoms with van der Waals surface area (Å²) < 4.78 is 0. The summed E-state index contributed by atoms with van der Waals surface area (Å²) in [6.45, 7) is 7.16. The SMILES string of the molecule is CCCc1ccccc1NCCCCC(C)(C)/C(N)=N/O. The molecule has 1 rings (SSSR count). The smallest absolute Gasteiger partial charge is 0.144 e. The van der Waals surface area contributed by atoms with Crippen LogP contribution in [0.15, 0.2) is 29.4 Å². The molecule has 0 atom stereocenters. The van der Waals surface area contributed by atoms with E-state index in [-0.39, 0.29) is 5.41 Å². The number of nitrogens with zero attached hydrogens (tertiary/aromatic N) is 1. The van der Waals surface area contributed by atoms with Crippen molar-refractivity contribution in [1.29, 1.82) is 0 Å². The number of aryl methyl sites for hydroxylation is 1. The molecule has 4 nitrogen and oxygen atoms in total. The maximum atomic E-state index is 8.75. The monoisotopic (exact) mass is 291 g/mol. The summed E-state index contributed by atoms with van der Waals surface area (Å²) in [5.41, 5.74) is 8.08. The Balaban J connectivity index is 2.35. The first kappa shape index (κ1) is 17.3. The molecule has 0 aliphatic rings. The molecule has 0 radical (unpaired) electrons. The van der Waals surface area contributed by atoms with Gasteiger partial charge in [0, 0.05) is 17.6 Å². The minimum Gasteiger partial charge on any atom is -0.409 e. The highest BCUT2D eigenvalue weighted by molar-refractivity contribution is 5.85. The predicted molar refractivity (Wildman–Crippen MR) is 90.0 cm³/mol. The van der Waals surface area contributed by atoms with Crippen molar-refractivity contribution in [3.8, 4) is 0 Å². The molecule has 0 aromatic heterocycles. The van der Waals surface area contributed by atoms with Crippen LogP contribution in [0.25, 0.3) is 0 Å². The third kappa shape index (κ3) is 5.66. The van der Waals surface area contributed by atoms with Gasteiger partial charge in [-0.1, -0.05) is 57.0 Å². The van der Waals surface area contributed by atoms with Crippen LogP contribution in [-0.2, 0) is 6.42 Å². The highest BCUT2D eigenvalue weighted by Crippen LogP contribution is 2.23. The van der Waals surface area contributed by atoms with Crippen molar-refractivity contribution >= 4 is 11.5 Å². The first-order chi connectivity index (χ1) is 10.0. The maximum Gasteiger partial charge on any atom is 0.144 e. The van der Waals surface area contributed by atoms with E-state index in [1.807, 2.05) is 13.8 Å². The average molecular weight is 291 g/mol. The zero-order chi connectivity index (χ0) is 15.7. The van der Waals surface area contributed by atoms with Gasteiger partial charge in [-0.05, 0) is 30.9 Å². The summed E-state index contributed by atoms with van der Waals surface area (Å²) in [6, 6.07) is 8.50. The zero-order valence-electron chi connectivity index (χ0n) is 13.5. The van der Waals surface area contributed by atoms with Crippen LogP contribution in [0.3, 0.4) is 0 Å². The van der Waals surface area contributed by atoms with Crippen molar-refractivity contribution < 1.29 is 5.21 Å². The van der Waals surface area contributed by atoms with Gasteiger partial charge in [-0.25, -0.2) is 0 Å². The molecule has 0 spiro atoms. The molecular formula is C17H29N3O. The summed E-state index contributed by atoms with van der Waals surface area (Å²) in [5, 5.41) is 15.4. The number of hydrogen-bond acceptors (Lipinski definition) is 3. The molecule has 0 bridgehead atoms. The van der Waals surface area contributed by atoms with Crippen LogP contribution in [0.4, 0.5) is 5.69 Å². The third-order valence-electron chi connectivity index (χ3n) is 3.88. The number of rotatable bonds is 9. The van der Waals surface area contributed by atoms with Crippen LogP contribution in [0.5, 0.6) is 0 Å². The highest BCUT2D eigenvalue weighted by atomic mass is 16.4. The van der Waals surface area contributed by atoms with Crippen molar-refractivity contribution in [3.05, 3.63) is 29.8 Å². The van der Waals surface area contributed by atoms with Crippen molar-refractivity contribution in [1.82, 2.24) is 0 Å². The van der Waals surface area contributed by atoms with E-state index >= 15 is 0 Å². The molecule has 0 amide bonds. The normalized spacial score (nSPS) is 12.4. The van der Waals surface area contributed by atoms with Gasteiger partial charge in [-0.15, -0.1) is 0 Å². The second-order valence-corrected chi connectivity index (χ2v) is 6.16. The molecule has 0 heterocycles. The second kappa shape index (κ2) is 8.55. The van der Waals surface area contributed by atoms with Gasteiger partial charge in [0.25, 0.3) is 0 Å². The number of nitrogens with two attached hydrogens (primary N) is 1. The van der Waals surface area contributed by atoms with Gasteiger partial charge in [0.1, 0.15) is 5.84 Å². The molecule has 0 fully saturated rings. The Morgan fingerprint density at radius 3 is 2.67 bits per heavy atom. The molecule has 21 heavy (non-hydrogen) atoms. The van der Waals surface area contributed by atoms with Crippen molar-refractivity contribution in [2.75, 3.05) is 11.9 Å². The van der Waals surface area contributed by atoms with Gasteiger partial charge in [0.15, 0.2) is 0 Å². The van der Waals surface area contributed by atoms with Crippen molar-refractivity contribution in [3.63, 3.8) is 0 Å². The molecule has 1 aromatic carbocycles. The lowest BCUT2D eigenvalue weighted by Crippen LogP contribution is -2.31. The summed E-state index contributed by atoms with van der Waals surface area (Å²) >= 11 is 0. The van der Waals surface area contributed by atoms with Crippen LogP contribution < -0.4 is 11.1 Å². The zero-order valence-corrected chi connectivity index (χ0v) is 13.5. The van der Waals surface area contributed by atoms with E-state index in [0.717, 1.165) is 38.6 Å². The third-order valence-corrected chi connectivity index (χ3v) is 3.88. The van der Waals surface area contributed by atoms with Crippen LogP contribution in [-0.4, -0.2) is 17.6 Å². The average Bonchev–Trinajstić information content (AvgIpc) is 2.47. The van der Waals surface area contributed by atoms with E-state index in [9.17, 15) is 0 Å². The lowest BCUT2D eigenvalue weighted by Gasteiger charge is -2.22. The molecule has 4 N–H and O–H groups in total. The van der Waals surface area contributed by atoms with Crippen LogP contribution in [0.1, 0.15) is 52.0 Å². The summed E-state index contributed by atoms with van der Waals surface area (Å²) in [6.07, 6.45) is 5.31. The van der Waals surface area contributed by atoms with E-state index in [4.69, 9.17) is 10.9 Å². The summed E-state index contributed by atoms with van der Waals surface area (Å²) in [5.74, 6) is 0.309. The van der Waals surface area contributed by atoms with Crippen molar-refractivity contribution in [2.45, 2.75) is 52.9 Å². The lowest BCUT2D eigenvalue weighted by atomic mass is 9.86. The fourth-order valence-electron chi connectivity index (χ4n) is 2.36. The molecule has 1 aromatic rings. The number of unbranched alkanes of at least 4 members (excludes halogenated alkanes) is 1. The Morgan fingerprint density at radius 1 is 1.29 bits per heavy atom. The molecule has 0 saturated carbocycles. The first-order valence-electron chi connectivity index (χ1n) is 7.81. The Kier molecular flexibility index (Phi) is 7.06. The molecule has 4 heteroatoms.